The second-order valence-electron chi connectivity index (χ2n) is 5.85. The van der Waals surface area contributed by atoms with E-state index < -0.39 is 0 Å². The molecule has 0 unspecified atom stereocenters. The van der Waals surface area contributed by atoms with Crippen molar-refractivity contribution >= 4 is 28.0 Å². The lowest BCUT2D eigenvalue weighted by molar-refractivity contribution is 0.0750. The molecule has 0 aromatic carbocycles. The average molecular weight is 342 g/mol. The first-order valence-electron chi connectivity index (χ1n) is 7.91. The van der Waals surface area contributed by atoms with Gasteiger partial charge in [0, 0.05) is 38.1 Å². The quantitative estimate of drug-likeness (QED) is 0.710. The molecule has 4 heterocycles. The first-order valence-corrected chi connectivity index (χ1v) is 8.73. The molecule has 3 aromatic heterocycles. The predicted molar refractivity (Wildman–Crippen MR) is 92.7 cm³/mol. The molecule has 1 amide bonds. The topological polar surface area (TPSA) is 66.6 Å². The first-order chi connectivity index (χ1) is 11.6. The van der Waals surface area contributed by atoms with Gasteiger partial charge >= 0.3 is 0 Å². The maximum Gasteiger partial charge on any atom is 0.265 e. The van der Waals surface area contributed by atoms with Crippen molar-refractivity contribution in [2.24, 2.45) is 0 Å². The predicted octanol–water partition coefficient (Wildman–Crippen LogP) is 1.77. The number of thiazole rings is 1. The van der Waals surface area contributed by atoms with Crippen LogP contribution in [-0.4, -0.2) is 56.6 Å². The molecule has 1 fully saturated rings. The molecule has 3 aromatic rings. The van der Waals surface area contributed by atoms with E-state index in [2.05, 4.69) is 20.1 Å². The number of amides is 1. The summed E-state index contributed by atoms with van der Waals surface area (Å²) in [6, 6.07) is 5.91. The van der Waals surface area contributed by atoms with Crippen molar-refractivity contribution in [3.05, 3.63) is 40.8 Å². The summed E-state index contributed by atoms with van der Waals surface area (Å²) >= 11 is 1.42. The average Bonchev–Trinajstić information content (AvgIpc) is 3.16. The molecule has 4 rings (SSSR count). The summed E-state index contributed by atoms with van der Waals surface area (Å²) in [5.41, 5.74) is 0.926. The molecule has 0 radical (unpaired) electrons. The van der Waals surface area contributed by atoms with E-state index in [9.17, 15) is 4.79 Å². The number of carbonyl (C=O) groups is 1. The first kappa shape index (κ1) is 15.1. The van der Waals surface area contributed by atoms with Crippen molar-refractivity contribution in [2.75, 3.05) is 31.1 Å². The van der Waals surface area contributed by atoms with Crippen LogP contribution in [0.2, 0.25) is 0 Å². The summed E-state index contributed by atoms with van der Waals surface area (Å²) < 4.78 is 1.95. The van der Waals surface area contributed by atoms with Crippen LogP contribution in [0.25, 0.3) is 4.96 Å². The van der Waals surface area contributed by atoms with Crippen LogP contribution in [0.3, 0.4) is 0 Å². The van der Waals surface area contributed by atoms with Crippen molar-refractivity contribution in [2.45, 2.75) is 13.8 Å². The van der Waals surface area contributed by atoms with Gasteiger partial charge in [-0.15, -0.1) is 10.2 Å². The van der Waals surface area contributed by atoms with Gasteiger partial charge in [-0.2, -0.15) is 0 Å². The number of nitrogens with zero attached hydrogens (tertiary/aromatic N) is 6. The largest absolute Gasteiger partial charge is 0.353 e. The Labute approximate surface area is 143 Å². The highest BCUT2D eigenvalue weighted by atomic mass is 32.1. The Balaban J connectivity index is 1.50. The number of hydrogen-bond donors (Lipinski definition) is 0. The molecule has 0 atom stereocenters. The Morgan fingerprint density at radius 2 is 1.92 bits per heavy atom. The number of anilines is 1. The molecule has 124 valence electrons. The standard InChI is InChI=1S/C16H18N6OS/c1-11-14(24-16-19-18-12(2)22(11)16)15(23)21-9-7-20(8-10-21)13-5-3-4-6-17-13/h3-6H,7-10H2,1-2H3. The minimum Gasteiger partial charge on any atom is -0.353 e. The molecule has 0 aliphatic carbocycles. The number of pyridine rings is 1. The van der Waals surface area contributed by atoms with Crippen LogP contribution in [0.5, 0.6) is 0 Å². The molecule has 0 bridgehead atoms. The summed E-state index contributed by atoms with van der Waals surface area (Å²) in [5, 5.41) is 8.18. The number of aromatic nitrogens is 4. The molecular weight excluding hydrogens is 324 g/mol. The number of piperazine rings is 1. The summed E-state index contributed by atoms with van der Waals surface area (Å²) in [6.45, 7) is 6.85. The van der Waals surface area contributed by atoms with Crippen LogP contribution in [0, 0.1) is 13.8 Å². The Morgan fingerprint density at radius 1 is 1.12 bits per heavy atom. The summed E-state index contributed by atoms with van der Waals surface area (Å²) in [4.78, 5) is 22.9. The van der Waals surface area contributed by atoms with Crippen LogP contribution in [-0.2, 0) is 0 Å². The number of fused-ring (bicyclic) bond motifs is 1. The zero-order valence-electron chi connectivity index (χ0n) is 13.6. The summed E-state index contributed by atoms with van der Waals surface area (Å²) in [5.74, 6) is 1.87. The highest BCUT2D eigenvalue weighted by molar-refractivity contribution is 7.19. The zero-order chi connectivity index (χ0) is 16.7. The lowest BCUT2D eigenvalue weighted by Gasteiger charge is -2.35. The number of hydrogen-bond acceptors (Lipinski definition) is 6. The Kier molecular flexibility index (Phi) is 3.68. The van der Waals surface area contributed by atoms with Gasteiger partial charge in [0.1, 0.15) is 16.5 Å². The van der Waals surface area contributed by atoms with Crippen molar-refractivity contribution in [3.63, 3.8) is 0 Å². The van der Waals surface area contributed by atoms with Crippen LogP contribution in [0.1, 0.15) is 21.2 Å². The van der Waals surface area contributed by atoms with Gasteiger partial charge in [-0.1, -0.05) is 17.4 Å². The van der Waals surface area contributed by atoms with Crippen LogP contribution in [0.15, 0.2) is 24.4 Å². The van der Waals surface area contributed by atoms with E-state index in [4.69, 9.17) is 0 Å². The van der Waals surface area contributed by atoms with E-state index in [1.165, 1.54) is 11.3 Å². The minimum absolute atomic E-state index is 0.0862. The SMILES string of the molecule is Cc1nnc2sc(C(=O)N3CCN(c4ccccn4)CC3)c(C)n12. The van der Waals surface area contributed by atoms with E-state index in [1.54, 1.807) is 6.20 Å². The minimum atomic E-state index is 0.0862. The van der Waals surface area contributed by atoms with Gasteiger partial charge in [0.05, 0.1) is 0 Å². The highest BCUT2D eigenvalue weighted by Crippen LogP contribution is 2.25. The molecule has 1 saturated heterocycles. The second-order valence-corrected chi connectivity index (χ2v) is 6.83. The lowest BCUT2D eigenvalue weighted by atomic mass is 10.2. The van der Waals surface area contributed by atoms with Crippen molar-refractivity contribution < 1.29 is 4.79 Å². The number of carbonyl (C=O) groups excluding carboxylic acids is 1. The molecule has 24 heavy (non-hydrogen) atoms. The van der Waals surface area contributed by atoms with Crippen molar-refractivity contribution in [1.82, 2.24) is 24.5 Å². The van der Waals surface area contributed by atoms with Crippen molar-refractivity contribution in [3.8, 4) is 0 Å². The van der Waals surface area contributed by atoms with Gasteiger partial charge in [-0.25, -0.2) is 4.98 Å². The van der Waals surface area contributed by atoms with Gasteiger partial charge in [0.2, 0.25) is 4.96 Å². The normalized spacial score (nSPS) is 15.2. The number of aryl methyl sites for hydroxylation is 2. The fraction of sp³-hybridized carbons (Fsp3) is 0.375. The fourth-order valence-corrected chi connectivity index (χ4v) is 4.16. The van der Waals surface area contributed by atoms with Crippen LogP contribution >= 0.6 is 11.3 Å². The van der Waals surface area contributed by atoms with E-state index >= 15 is 0 Å². The van der Waals surface area contributed by atoms with Crippen LogP contribution < -0.4 is 4.90 Å². The Bertz CT molecular complexity index is 879. The monoisotopic (exact) mass is 342 g/mol. The molecule has 1 aliphatic rings. The highest BCUT2D eigenvalue weighted by Gasteiger charge is 2.26. The van der Waals surface area contributed by atoms with Gasteiger partial charge in [-0.05, 0) is 26.0 Å². The molecular formula is C16H18N6OS. The van der Waals surface area contributed by atoms with E-state index in [-0.39, 0.29) is 5.91 Å². The van der Waals surface area contributed by atoms with Crippen LogP contribution in [0.4, 0.5) is 5.82 Å². The Hall–Kier alpha value is -2.48. The van der Waals surface area contributed by atoms with Crippen molar-refractivity contribution in [1.29, 1.82) is 0 Å². The van der Waals surface area contributed by atoms with Gasteiger partial charge in [0.25, 0.3) is 5.91 Å². The molecule has 0 saturated carbocycles. The van der Waals surface area contributed by atoms with Gasteiger partial charge < -0.3 is 9.80 Å². The van der Waals surface area contributed by atoms with E-state index in [1.807, 2.05) is 41.3 Å². The maximum atomic E-state index is 12.9. The second kappa shape index (κ2) is 5.86. The molecule has 8 heteroatoms. The third-order valence-electron chi connectivity index (χ3n) is 4.39. The summed E-state index contributed by atoms with van der Waals surface area (Å²) in [6.07, 6.45) is 1.80. The summed E-state index contributed by atoms with van der Waals surface area (Å²) in [7, 11) is 0. The molecule has 7 nitrogen and oxygen atoms in total. The molecule has 0 N–H and O–H groups in total. The Morgan fingerprint density at radius 3 is 2.58 bits per heavy atom. The third kappa shape index (κ3) is 2.43. The zero-order valence-corrected chi connectivity index (χ0v) is 14.5. The third-order valence-corrected chi connectivity index (χ3v) is 5.51. The fourth-order valence-electron chi connectivity index (χ4n) is 3.08. The maximum absolute atomic E-state index is 12.9. The van der Waals surface area contributed by atoms with Gasteiger partial charge in [0.15, 0.2) is 0 Å². The number of rotatable bonds is 2. The van der Waals surface area contributed by atoms with Gasteiger partial charge in [-0.3, -0.25) is 9.20 Å². The smallest absolute Gasteiger partial charge is 0.265 e. The van der Waals surface area contributed by atoms with E-state index in [0.29, 0.717) is 13.1 Å². The molecule has 0 spiro atoms. The molecule has 1 aliphatic heterocycles. The van der Waals surface area contributed by atoms with E-state index in [0.717, 1.165) is 40.3 Å². The lowest BCUT2D eigenvalue weighted by Crippen LogP contribution is -2.49.